The summed E-state index contributed by atoms with van der Waals surface area (Å²) in [5.41, 5.74) is 1.83. The van der Waals surface area contributed by atoms with Gasteiger partial charge >= 0.3 is 0 Å². The van der Waals surface area contributed by atoms with Crippen molar-refractivity contribution in [1.82, 2.24) is 0 Å². The molecule has 1 amide bonds. The maximum absolute atomic E-state index is 12.7. The second-order valence-electron chi connectivity index (χ2n) is 7.03. The van der Waals surface area contributed by atoms with Crippen LogP contribution in [0.5, 0.6) is 17.2 Å². The van der Waals surface area contributed by atoms with Gasteiger partial charge in [0.25, 0.3) is 5.91 Å². The number of benzene rings is 3. The molecule has 3 rings (SSSR count). The average Bonchev–Trinajstić information content (AvgIpc) is 2.83. The zero-order valence-corrected chi connectivity index (χ0v) is 20.1. The van der Waals surface area contributed by atoms with E-state index in [4.69, 9.17) is 37.4 Å². The summed E-state index contributed by atoms with van der Waals surface area (Å²) in [6.07, 6.45) is 1.43. The Morgan fingerprint density at radius 1 is 1.09 bits per heavy atom. The number of hydrogen-bond donors (Lipinski definition) is 1. The zero-order chi connectivity index (χ0) is 24.5. The first-order chi connectivity index (χ1) is 16.4. The predicted octanol–water partition coefficient (Wildman–Crippen LogP) is 6.53. The first-order valence-corrected chi connectivity index (χ1v) is 11.1. The molecule has 0 aromatic heterocycles. The van der Waals surface area contributed by atoms with E-state index in [0.717, 1.165) is 5.56 Å². The smallest absolute Gasteiger partial charge is 0.266 e. The van der Waals surface area contributed by atoms with E-state index in [1.807, 2.05) is 25.1 Å². The highest BCUT2D eigenvalue weighted by molar-refractivity contribution is 6.32. The summed E-state index contributed by atoms with van der Waals surface area (Å²) in [4.78, 5) is 12.7. The van der Waals surface area contributed by atoms with Crippen molar-refractivity contribution < 1.29 is 19.0 Å². The molecule has 0 aliphatic rings. The lowest BCUT2D eigenvalue weighted by molar-refractivity contribution is -0.112. The van der Waals surface area contributed by atoms with Crippen molar-refractivity contribution in [3.8, 4) is 23.3 Å². The fourth-order valence-corrected chi connectivity index (χ4v) is 3.44. The van der Waals surface area contributed by atoms with E-state index in [2.05, 4.69) is 5.32 Å². The van der Waals surface area contributed by atoms with Crippen LogP contribution in [0.15, 0.2) is 66.2 Å². The quantitative estimate of drug-likeness (QED) is 0.269. The SMILES string of the molecule is CCOc1cccc(NC(=O)/C(C#N)=C\c2cc(Cl)c(OCc3ccc(Cl)cc3)c(OC)c2)c1. The molecule has 0 unspecified atom stereocenters. The molecule has 0 radical (unpaired) electrons. The molecular formula is C26H22Cl2N2O4. The van der Waals surface area contributed by atoms with E-state index in [0.29, 0.717) is 40.1 Å². The van der Waals surface area contributed by atoms with Crippen LogP contribution in [0.2, 0.25) is 10.0 Å². The van der Waals surface area contributed by atoms with Crippen molar-refractivity contribution in [2.75, 3.05) is 19.0 Å². The molecule has 0 aliphatic heterocycles. The van der Waals surface area contributed by atoms with Crippen LogP contribution in [0.3, 0.4) is 0 Å². The molecule has 0 saturated heterocycles. The summed E-state index contributed by atoms with van der Waals surface area (Å²) in [7, 11) is 1.48. The Labute approximate surface area is 208 Å². The third-order valence-electron chi connectivity index (χ3n) is 4.63. The number of nitrogens with zero attached hydrogens (tertiary/aromatic N) is 1. The number of carbonyl (C=O) groups excluding carboxylic acids is 1. The molecule has 0 fully saturated rings. The van der Waals surface area contributed by atoms with Gasteiger partial charge in [0.2, 0.25) is 0 Å². The molecule has 3 aromatic carbocycles. The summed E-state index contributed by atoms with van der Waals surface area (Å²) >= 11 is 12.4. The van der Waals surface area contributed by atoms with Crippen molar-refractivity contribution in [1.29, 1.82) is 5.26 Å². The van der Waals surface area contributed by atoms with Gasteiger partial charge in [-0.1, -0.05) is 41.4 Å². The van der Waals surface area contributed by atoms with E-state index in [-0.39, 0.29) is 17.2 Å². The number of ether oxygens (including phenoxy) is 3. The standard InChI is InChI=1S/C26H22Cl2N2O4/c1-3-33-22-6-4-5-21(14-22)30-26(31)19(15-29)11-18-12-23(28)25(24(13-18)32-2)34-16-17-7-9-20(27)10-8-17/h4-14H,3,16H2,1-2H3,(H,30,31)/b19-11-. The summed E-state index contributed by atoms with van der Waals surface area (Å²) in [5, 5.41) is 13.2. The maximum Gasteiger partial charge on any atom is 0.266 e. The van der Waals surface area contributed by atoms with Crippen LogP contribution in [0.25, 0.3) is 6.08 Å². The molecule has 0 aliphatic carbocycles. The average molecular weight is 497 g/mol. The Hall–Kier alpha value is -3.66. The number of methoxy groups -OCH3 is 1. The van der Waals surface area contributed by atoms with E-state index in [9.17, 15) is 10.1 Å². The Balaban J connectivity index is 1.79. The van der Waals surface area contributed by atoms with E-state index < -0.39 is 5.91 Å². The number of hydrogen-bond acceptors (Lipinski definition) is 5. The highest BCUT2D eigenvalue weighted by Gasteiger charge is 2.15. The van der Waals surface area contributed by atoms with Crippen LogP contribution >= 0.6 is 23.2 Å². The molecular weight excluding hydrogens is 475 g/mol. The zero-order valence-electron chi connectivity index (χ0n) is 18.6. The lowest BCUT2D eigenvalue weighted by Gasteiger charge is -2.14. The van der Waals surface area contributed by atoms with Gasteiger partial charge in [-0.05, 0) is 60.5 Å². The molecule has 0 bridgehead atoms. The van der Waals surface area contributed by atoms with Gasteiger partial charge < -0.3 is 19.5 Å². The van der Waals surface area contributed by atoms with Gasteiger partial charge in [0, 0.05) is 16.8 Å². The van der Waals surface area contributed by atoms with Crippen LogP contribution in [0.1, 0.15) is 18.1 Å². The van der Waals surface area contributed by atoms with Gasteiger partial charge in [0.15, 0.2) is 11.5 Å². The Kier molecular flexibility index (Phi) is 8.80. The number of halogens is 2. The first-order valence-electron chi connectivity index (χ1n) is 10.3. The molecule has 8 heteroatoms. The molecule has 6 nitrogen and oxygen atoms in total. The summed E-state index contributed by atoms with van der Waals surface area (Å²) in [5.74, 6) is 0.782. The maximum atomic E-state index is 12.7. The number of nitriles is 1. The van der Waals surface area contributed by atoms with Gasteiger partial charge in [-0.3, -0.25) is 4.79 Å². The molecule has 0 heterocycles. The topological polar surface area (TPSA) is 80.6 Å². The first kappa shape index (κ1) is 25.0. The third kappa shape index (κ3) is 6.67. The van der Waals surface area contributed by atoms with Crippen molar-refractivity contribution in [2.45, 2.75) is 13.5 Å². The number of anilines is 1. The fourth-order valence-electron chi connectivity index (χ4n) is 3.04. The largest absolute Gasteiger partial charge is 0.494 e. The molecule has 3 aromatic rings. The van der Waals surface area contributed by atoms with E-state index >= 15 is 0 Å². The Bertz CT molecular complexity index is 1230. The lowest BCUT2D eigenvalue weighted by Crippen LogP contribution is -2.13. The van der Waals surface area contributed by atoms with Crippen LogP contribution in [0, 0.1) is 11.3 Å². The lowest BCUT2D eigenvalue weighted by atomic mass is 10.1. The number of rotatable bonds is 9. The second kappa shape index (κ2) is 12.0. The minimum Gasteiger partial charge on any atom is -0.494 e. The van der Waals surface area contributed by atoms with Gasteiger partial charge in [0.1, 0.15) is 24.0 Å². The highest BCUT2D eigenvalue weighted by atomic mass is 35.5. The molecule has 0 atom stereocenters. The van der Waals surface area contributed by atoms with Crippen molar-refractivity contribution in [3.63, 3.8) is 0 Å². The minimum absolute atomic E-state index is 0.102. The Morgan fingerprint density at radius 3 is 2.53 bits per heavy atom. The predicted molar refractivity (Wildman–Crippen MR) is 134 cm³/mol. The van der Waals surface area contributed by atoms with Gasteiger partial charge in [-0.2, -0.15) is 5.26 Å². The normalized spacial score (nSPS) is 10.9. The van der Waals surface area contributed by atoms with Gasteiger partial charge in [0.05, 0.1) is 18.7 Å². The van der Waals surface area contributed by atoms with Crippen LogP contribution in [-0.2, 0) is 11.4 Å². The minimum atomic E-state index is -0.561. The molecule has 1 N–H and O–H groups in total. The third-order valence-corrected chi connectivity index (χ3v) is 5.16. The Morgan fingerprint density at radius 2 is 1.85 bits per heavy atom. The fraction of sp³-hybridized carbons (Fsp3) is 0.154. The van der Waals surface area contributed by atoms with Crippen LogP contribution in [0.4, 0.5) is 5.69 Å². The molecule has 0 spiro atoms. The van der Waals surface area contributed by atoms with Crippen molar-refractivity contribution in [3.05, 3.63) is 87.4 Å². The second-order valence-corrected chi connectivity index (χ2v) is 7.88. The van der Waals surface area contributed by atoms with Crippen LogP contribution in [-0.4, -0.2) is 19.6 Å². The van der Waals surface area contributed by atoms with E-state index in [1.54, 1.807) is 48.5 Å². The highest BCUT2D eigenvalue weighted by Crippen LogP contribution is 2.37. The van der Waals surface area contributed by atoms with Crippen molar-refractivity contribution in [2.24, 2.45) is 0 Å². The number of nitrogens with one attached hydrogen (secondary N) is 1. The van der Waals surface area contributed by atoms with Gasteiger partial charge in [-0.15, -0.1) is 0 Å². The van der Waals surface area contributed by atoms with Crippen molar-refractivity contribution >= 4 is 40.9 Å². The summed E-state index contributed by atoms with van der Waals surface area (Å²) in [6.45, 7) is 2.63. The van der Waals surface area contributed by atoms with E-state index in [1.165, 1.54) is 13.2 Å². The monoisotopic (exact) mass is 496 g/mol. The number of carbonyl (C=O) groups is 1. The summed E-state index contributed by atoms with van der Waals surface area (Å²) in [6, 6.07) is 19.3. The van der Waals surface area contributed by atoms with Gasteiger partial charge in [-0.25, -0.2) is 0 Å². The summed E-state index contributed by atoms with van der Waals surface area (Å²) < 4.78 is 16.7. The molecule has 174 valence electrons. The molecule has 0 saturated carbocycles. The van der Waals surface area contributed by atoms with Crippen LogP contribution < -0.4 is 19.5 Å². The number of amides is 1. The molecule has 34 heavy (non-hydrogen) atoms.